The standard InChI is InChI=1S/C16H18BrFN2O4/c1-9(14(21)20-16(23)19-11-4-2-3-5-11)24-15(22)12-7-6-10(18)8-13(12)17/h6-9,11H,2-5H2,1H3,(H2,19,20,21,23)/t9-/m1/s1. The molecule has 0 bridgehead atoms. The Labute approximate surface area is 147 Å². The number of hydrogen-bond acceptors (Lipinski definition) is 4. The molecule has 0 spiro atoms. The Morgan fingerprint density at radius 3 is 2.58 bits per heavy atom. The SMILES string of the molecule is C[C@@H](OC(=O)c1ccc(F)cc1Br)C(=O)NC(=O)NC1CCCC1. The Morgan fingerprint density at radius 1 is 1.29 bits per heavy atom. The van der Waals surface area contributed by atoms with Crippen molar-refractivity contribution < 1.29 is 23.5 Å². The second kappa shape index (κ2) is 8.23. The molecule has 1 aromatic rings. The first-order valence-electron chi connectivity index (χ1n) is 7.64. The topological polar surface area (TPSA) is 84.5 Å². The maximum absolute atomic E-state index is 13.0. The maximum atomic E-state index is 13.0. The molecule has 1 atom stereocenters. The molecule has 1 fully saturated rings. The third-order valence-corrected chi connectivity index (χ3v) is 4.39. The van der Waals surface area contributed by atoms with Crippen molar-refractivity contribution >= 4 is 33.8 Å². The molecule has 1 saturated carbocycles. The molecule has 0 aliphatic heterocycles. The van der Waals surface area contributed by atoms with Crippen LogP contribution in [0.15, 0.2) is 22.7 Å². The van der Waals surface area contributed by atoms with Gasteiger partial charge < -0.3 is 10.1 Å². The van der Waals surface area contributed by atoms with E-state index in [1.807, 2.05) is 0 Å². The average Bonchev–Trinajstić information content (AvgIpc) is 2.99. The Hall–Kier alpha value is -1.96. The van der Waals surface area contributed by atoms with Crippen LogP contribution in [-0.4, -0.2) is 30.1 Å². The number of esters is 1. The molecular formula is C16H18BrFN2O4. The van der Waals surface area contributed by atoms with Crippen molar-refractivity contribution in [3.05, 3.63) is 34.1 Å². The lowest BCUT2D eigenvalue weighted by Gasteiger charge is -2.16. The van der Waals surface area contributed by atoms with Crippen molar-refractivity contribution in [2.24, 2.45) is 0 Å². The van der Waals surface area contributed by atoms with E-state index < -0.39 is 29.8 Å². The van der Waals surface area contributed by atoms with Crippen LogP contribution < -0.4 is 10.6 Å². The molecule has 3 amide bonds. The summed E-state index contributed by atoms with van der Waals surface area (Å²) in [6.07, 6.45) is 2.73. The second-order valence-electron chi connectivity index (χ2n) is 5.62. The highest BCUT2D eigenvalue weighted by atomic mass is 79.9. The summed E-state index contributed by atoms with van der Waals surface area (Å²) in [6.45, 7) is 1.35. The second-order valence-corrected chi connectivity index (χ2v) is 6.47. The highest BCUT2D eigenvalue weighted by Gasteiger charge is 2.24. The van der Waals surface area contributed by atoms with Crippen molar-refractivity contribution in [1.82, 2.24) is 10.6 Å². The van der Waals surface area contributed by atoms with Gasteiger partial charge in [-0.2, -0.15) is 0 Å². The van der Waals surface area contributed by atoms with Crippen LogP contribution in [-0.2, 0) is 9.53 Å². The number of amides is 3. The van der Waals surface area contributed by atoms with E-state index in [-0.39, 0.29) is 16.1 Å². The van der Waals surface area contributed by atoms with Crippen LogP contribution in [0, 0.1) is 5.82 Å². The first kappa shape index (κ1) is 18.4. The lowest BCUT2D eigenvalue weighted by Crippen LogP contribution is -2.47. The lowest BCUT2D eigenvalue weighted by atomic mass is 10.2. The number of urea groups is 1. The lowest BCUT2D eigenvalue weighted by molar-refractivity contribution is -0.127. The number of rotatable bonds is 4. The number of hydrogen-bond donors (Lipinski definition) is 2. The molecule has 6 nitrogen and oxygen atoms in total. The fraction of sp³-hybridized carbons (Fsp3) is 0.438. The fourth-order valence-corrected chi connectivity index (χ4v) is 2.95. The Morgan fingerprint density at radius 2 is 1.96 bits per heavy atom. The monoisotopic (exact) mass is 400 g/mol. The zero-order chi connectivity index (χ0) is 17.7. The van der Waals surface area contributed by atoms with Gasteiger partial charge in [0.1, 0.15) is 5.82 Å². The molecule has 1 aliphatic carbocycles. The number of carbonyl (C=O) groups excluding carboxylic acids is 3. The third kappa shape index (κ3) is 5.02. The van der Waals surface area contributed by atoms with E-state index in [4.69, 9.17) is 4.74 Å². The van der Waals surface area contributed by atoms with Gasteiger partial charge in [-0.3, -0.25) is 10.1 Å². The molecule has 24 heavy (non-hydrogen) atoms. The number of halogens is 2. The Kier molecular flexibility index (Phi) is 6.30. The summed E-state index contributed by atoms with van der Waals surface area (Å²) in [5.41, 5.74) is 0.0893. The zero-order valence-corrected chi connectivity index (χ0v) is 14.7. The number of imide groups is 1. The molecule has 0 unspecified atom stereocenters. The highest BCUT2D eigenvalue weighted by Crippen LogP contribution is 2.19. The summed E-state index contributed by atoms with van der Waals surface area (Å²) in [7, 11) is 0. The van der Waals surface area contributed by atoms with Crippen LogP contribution in [0.4, 0.5) is 9.18 Å². The fourth-order valence-electron chi connectivity index (χ4n) is 2.44. The van der Waals surface area contributed by atoms with Crippen LogP contribution >= 0.6 is 15.9 Å². The van der Waals surface area contributed by atoms with E-state index in [1.54, 1.807) is 0 Å². The van der Waals surface area contributed by atoms with Crippen LogP contribution in [0.3, 0.4) is 0 Å². The van der Waals surface area contributed by atoms with Gasteiger partial charge in [-0.1, -0.05) is 12.8 Å². The van der Waals surface area contributed by atoms with Gasteiger partial charge >= 0.3 is 12.0 Å². The minimum Gasteiger partial charge on any atom is -0.449 e. The number of ether oxygens (including phenoxy) is 1. The van der Waals surface area contributed by atoms with Crippen molar-refractivity contribution in [3.8, 4) is 0 Å². The Balaban J connectivity index is 1.86. The quantitative estimate of drug-likeness (QED) is 0.760. The minimum atomic E-state index is -1.16. The molecule has 0 saturated heterocycles. The first-order valence-corrected chi connectivity index (χ1v) is 8.43. The molecule has 1 aromatic carbocycles. The molecule has 0 heterocycles. The zero-order valence-electron chi connectivity index (χ0n) is 13.1. The summed E-state index contributed by atoms with van der Waals surface area (Å²) in [5.74, 6) is -2.02. The molecule has 130 valence electrons. The summed E-state index contributed by atoms with van der Waals surface area (Å²) in [5, 5.41) is 4.85. The molecule has 2 rings (SSSR count). The van der Waals surface area contributed by atoms with Gasteiger partial charge in [0.2, 0.25) is 0 Å². The van der Waals surface area contributed by atoms with Gasteiger partial charge in [0, 0.05) is 10.5 Å². The summed E-state index contributed by atoms with van der Waals surface area (Å²) in [6, 6.07) is 2.96. The van der Waals surface area contributed by atoms with E-state index in [9.17, 15) is 18.8 Å². The summed E-state index contributed by atoms with van der Waals surface area (Å²) in [4.78, 5) is 35.6. The van der Waals surface area contributed by atoms with Gasteiger partial charge in [0.05, 0.1) is 5.56 Å². The maximum Gasteiger partial charge on any atom is 0.340 e. The van der Waals surface area contributed by atoms with Gasteiger partial charge in [0.25, 0.3) is 5.91 Å². The predicted octanol–water partition coefficient (Wildman–Crippen LogP) is 2.90. The first-order chi connectivity index (χ1) is 11.4. The molecule has 0 aromatic heterocycles. The normalized spacial score (nSPS) is 15.6. The number of nitrogens with one attached hydrogen (secondary N) is 2. The molecule has 8 heteroatoms. The van der Waals surface area contributed by atoms with E-state index >= 15 is 0 Å². The van der Waals surface area contributed by atoms with Gasteiger partial charge in [-0.05, 0) is 53.9 Å². The van der Waals surface area contributed by atoms with E-state index in [2.05, 4.69) is 26.6 Å². The summed E-state index contributed by atoms with van der Waals surface area (Å²) < 4.78 is 18.2. The smallest absolute Gasteiger partial charge is 0.340 e. The largest absolute Gasteiger partial charge is 0.449 e. The van der Waals surface area contributed by atoms with E-state index in [0.29, 0.717) is 0 Å². The molecule has 2 N–H and O–H groups in total. The molecule has 0 radical (unpaired) electrons. The van der Waals surface area contributed by atoms with Crippen LogP contribution in [0.5, 0.6) is 0 Å². The predicted molar refractivity (Wildman–Crippen MR) is 87.9 cm³/mol. The highest BCUT2D eigenvalue weighted by molar-refractivity contribution is 9.10. The van der Waals surface area contributed by atoms with Crippen LogP contribution in [0.1, 0.15) is 43.0 Å². The van der Waals surface area contributed by atoms with Crippen LogP contribution in [0.25, 0.3) is 0 Å². The van der Waals surface area contributed by atoms with Crippen molar-refractivity contribution in [2.45, 2.75) is 44.8 Å². The minimum absolute atomic E-state index is 0.0748. The van der Waals surface area contributed by atoms with Crippen molar-refractivity contribution in [1.29, 1.82) is 0 Å². The Bertz CT molecular complexity index is 647. The van der Waals surface area contributed by atoms with E-state index in [1.165, 1.54) is 13.0 Å². The van der Waals surface area contributed by atoms with Crippen molar-refractivity contribution in [3.63, 3.8) is 0 Å². The number of benzene rings is 1. The summed E-state index contributed by atoms with van der Waals surface area (Å²) >= 11 is 3.06. The van der Waals surface area contributed by atoms with Gasteiger partial charge in [-0.15, -0.1) is 0 Å². The van der Waals surface area contributed by atoms with Crippen molar-refractivity contribution in [2.75, 3.05) is 0 Å². The molecular weight excluding hydrogens is 383 g/mol. The van der Waals surface area contributed by atoms with Gasteiger partial charge in [-0.25, -0.2) is 14.0 Å². The van der Waals surface area contributed by atoms with E-state index in [0.717, 1.165) is 37.8 Å². The van der Waals surface area contributed by atoms with Gasteiger partial charge in [0.15, 0.2) is 6.10 Å². The van der Waals surface area contributed by atoms with Crippen LogP contribution in [0.2, 0.25) is 0 Å². The molecule has 1 aliphatic rings. The average molecular weight is 401 g/mol. The third-order valence-electron chi connectivity index (χ3n) is 3.73. The number of carbonyl (C=O) groups is 3.